The first kappa shape index (κ1) is 21.1. The lowest BCUT2D eigenvalue weighted by Crippen LogP contribution is -2.31. The molecular weight excluding hydrogens is 402 g/mol. The van der Waals surface area contributed by atoms with E-state index < -0.39 is 0 Å². The molecule has 1 aliphatic heterocycles. The number of nitrogens with one attached hydrogen (secondary N) is 2. The van der Waals surface area contributed by atoms with Crippen molar-refractivity contribution in [1.29, 1.82) is 5.41 Å². The maximum Gasteiger partial charge on any atom is 0.298 e. The summed E-state index contributed by atoms with van der Waals surface area (Å²) in [5, 5.41) is 12.1. The molecule has 7 heteroatoms. The van der Waals surface area contributed by atoms with Crippen LogP contribution >= 0.6 is 0 Å². The zero-order valence-electron chi connectivity index (χ0n) is 17.7. The third-order valence-corrected chi connectivity index (χ3v) is 5.15. The molecule has 0 radical (unpaired) electrons. The number of carbonyl (C=O) groups is 1. The number of ether oxygens (including phenoxy) is 1. The van der Waals surface area contributed by atoms with E-state index in [1.807, 2.05) is 54.6 Å². The Hall–Kier alpha value is -4.18. The van der Waals surface area contributed by atoms with Gasteiger partial charge in [-0.1, -0.05) is 24.1 Å². The summed E-state index contributed by atoms with van der Waals surface area (Å²) in [7, 11) is 0. The van der Waals surface area contributed by atoms with Gasteiger partial charge in [-0.2, -0.15) is 0 Å². The molecule has 0 unspecified atom stereocenters. The molecule has 2 aromatic carbocycles. The van der Waals surface area contributed by atoms with Gasteiger partial charge in [-0.05, 0) is 55.7 Å². The van der Waals surface area contributed by atoms with E-state index in [1.165, 1.54) is 6.33 Å². The van der Waals surface area contributed by atoms with E-state index in [0.717, 1.165) is 17.7 Å². The summed E-state index contributed by atoms with van der Waals surface area (Å²) in [5.41, 5.74) is 1.63. The number of aromatic nitrogens is 2. The minimum atomic E-state index is -0.162. The van der Waals surface area contributed by atoms with Crippen LogP contribution in [-0.4, -0.2) is 45.6 Å². The summed E-state index contributed by atoms with van der Waals surface area (Å²) in [4.78, 5) is 22.2. The van der Waals surface area contributed by atoms with E-state index in [4.69, 9.17) is 10.1 Å². The first-order valence-corrected chi connectivity index (χ1v) is 10.3. The molecule has 2 N–H and O–H groups in total. The standard InChI is InChI=1S/C25H23N5O2/c1-2-6-23(31)30-14-13-19(16-30)29-25-22(15-27-17-28-25)24(26)18-9-11-21(12-10-18)32-20-7-4-3-5-8-20/h3-5,7-12,15,17,19,26H,13-14,16H2,1H3,(H,27,28,29)/t19-/m1/s1. The molecule has 1 fully saturated rings. The molecule has 1 amide bonds. The molecule has 32 heavy (non-hydrogen) atoms. The smallest absolute Gasteiger partial charge is 0.298 e. The van der Waals surface area contributed by atoms with Crippen LogP contribution in [0.25, 0.3) is 0 Å². The molecule has 0 aliphatic carbocycles. The summed E-state index contributed by atoms with van der Waals surface area (Å²) in [6, 6.07) is 17.0. The Labute approximate surface area is 187 Å². The minimum Gasteiger partial charge on any atom is -0.457 e. The third kappa shape index (κ3) is 4.93. The van der Waals surface area contributed by atoms with Crippen molar-refractivity contribution in [1.82, 2.24) is 14.9 Å². The third-order valence-electron chi connectivity index (χ3n) is 5.15. The number of nitrogens with zero attached hydrogens (tertiary/aromatic N) is 3. The van der Waals surface area contributed by atoms with Crippen LogP contribution in [0.5, 0.6) is 11.5 Å². The van der Waals surface area contributed by atoms with E-state index in [-0.39, 0.29) is 11.9 Å². The summed E-state index contributed by atoms with van der Waals surface area (Å²) < 4.78 is 5.83. The number of para-hydroxylation sites is 1. The van der Waals surface area contributed by atoms with Gasteiger partial charge in [0.25, 0.3) is 5.91 Å². The average Bonchev–Trinajstić information content (AvgIpc) is 3.29. The Bertz CT molecular complexity index is 1170. The van der Waals surface area contributed by atoms with Crippen molar-refractivity contribution in [2.24, 2.45) is 0 Å². The average molecular weight is 425 g/mol. The first-order chi connectivity index (χ1) is 15.6. The second-order valence-electron chi connectivity index (χ2n) is 7.36. The number of benzene rings is 2. The number of anilines is 1. The van der Waals surface area contributed by atoms with Crippen molar-refractivity contribution in [3.05, 3.63) is 78.2 Å². The van der Waals surface area contributed by atoms with Crippen molar-refractivity contribution in [2.75, 3.05) is 18.4 Å². The van der Waals surface area contributed by atoms with Crippen LogP contribution in [0.3, 0.4) is 0 Å². The summed E-state index contributed by atoms with van der Waals surface area (Å²) >= 11 is 0. The number of hydrogen-bond acceptors (Lipinski definition) is 6. The number of amides is 1. The quantitative estimate of drug-likeness (QED) is 0.464. The Kier molecular flexibility index (Phi) is 6.42. The van der Waals surface area contributed by atoms with Crippen LogP contribution in [0.1, 0.15) is 24.5 Å². The molecule has 0 spiro atoms. The van der Waals surface area contributed by atoms with E-state index in [0.29, 0.717) is 35.9 Å². The van der Waals surface area contributed by atoms with Gasteiger partial charge in [0.2, 0.25) is 0 Å². The van der Waals surface area contributed by atoms with Gasteiger partial charge in [-0.3, -0.25) is 10.2 Å². The predicted octanol–water partition coefficient (Wildman–Crippen LogP) is 3.72. The molecule has 160 valence electrons. The number of hydrogen-bond donors (Lipinski definition) is 2. The molecular formula is C25H23N5O2. The lowest BCUT2D eigenvalue weighted by molar-refractivity contribution is -0.124. The molecule has 1 aliphatic rings. The zero-order valence-corrected chi connectivity index (χ0v) is 17.7. The van der Waals surface area contributed by atoms with Crippen molar-refractivity contribution >= 4 is 17.4 Å². The second-order valence-corrected chi connectivity index (χ2v) is 7.36. The number of likely N-dealkylation sites (tertiary alicyclic amines) is 1. The number of rotatable bonds is 6. The van der Waals surface area contributed by atoms with Crippen molar-refractivity contribution in [3.63, 3.8) is 0 Å². The fraction of sp³-hybridized carbons (Fsp3) is 0.200. The van der Waals surface area contributed by atoms with E-state index >= 15 is 0 Å². The number of carbonyl (C=O) groups excluding carboxylic acids is 1. The summed E-state index contributed by atoms with van der Waals surface area (Å²) in [5.74, 6) is 7.10. The van der Waals surface area contributed by atoms with E-state index in [9.17, 15) is 4.79 Å². The molecule has 7 nitrogen and oxygen atoms in total. The lowest BCUT2D eigenvalue weighted by atomic mass is 10.0. The monoisotopic (exact) mass is 425 g/mol. The summed E-state index contributed by atoms with van der Waals surface area (Å²) in [6.07, 6.45) is 3.88. The normalized spacial score (nSPS) is 14.9. The molecule has 0 bridgehead atoms. The Balaban J connectivity index is 1.45. The van der Waals surface area contributed by atoms with Crippen LogP contribution in [0.2, 0.25) is 0 Å². The Morgan fingerprint density at radius 1 is 1.16 bits per heavy atom. The highest BCUT2D eigenvalue weighted by atomic mass is 16.5. The highest BCUT2D eigenvalue weighted by molar-refractivity contribution is 6.13. The Morgan fingerprint density at radius 3 is 2.66 bits per heavy atom. The van der Waals surface area contributed by atoms with Crippen LogP contribution in [-0.2, 0) is 4.79 Å². The predicted molar refractivity (Wildman–Crippen MR) is 123 cm³/mol. The van der Waals surface area contributed by atoms with Gasteiger partial charge in [-0.15, -0.1) is 0 Å². The van der Waals surface area contributed by atoms with Gasteiger partial charge >= 0.3 is 0 Å². The van der Waals surface area contributed by atoms with Gasteiger partial charge in [0.15, 0.2) is 0 Å². The maximum absolute atomic E-state index is 12.0. The first-order valence-electron chi connectivity index (χ1n) is 10.3. The highest BCUT2D eigenvalue weighted by Crippen LogP contribution is 2.24. The zero-order chi connectivity index (χ0) is 22.3. The second kappa shape index (κ2) is 9.75. The van der Waals surface area contributed by atoms with Crippen LogP contribution in [0.4, 0.5) is 5.82 Å². The molecule has 3 aromatic rings. The van der Waals surface area contributed by atoms with Gasteiger partial charge in [0, 0.05) is 30.9 Å². The van der Waals surface area contributed by atoms with Gasteiger partial charge < -0.3 is 15.0 Å². The van der Waals surface area contributed by atoms with E-state index in [2.05, 4.69) is 27.1 Å². The maximum atomic E-state index is 12.0. The van der Waals surface area contributed by atoms with Gasteiger partial charge in [0.1, 0.15) is 23.6 Å². The van der Waals surface area contributed by atoms with Crippen LogP contribution < -0.4 is 10.1 Å². The molecule has 1 atom stereocenters. The van der Waals surface area contributed by atoms with Crippen LogP contribution in [0.15, 0.2) is 67.1 Å². The fourth-order valence-electron chi connectivity index (χ4n) is 3.54. The minimum absolute atomic E-state index is 0.0423. The van der Waals surface area contributed by atoms with Crippen molar-refractivity contribution in [3.8, 4) is 23.3 Å². The Morgan fingerprint density at radius 2 is 1.91 bits per heavy atom. The molecule has 1 saturated heterocycles. The SMILES string of the molecule is CC#CC(=O)N1CC[C@@H](Nc2ncncc2C(=N)c2ccc(Oc3ccccc3)cc2)C1. The van der Waals surface area contributed by atoms with Gasteiger partial charge in [-0.25, -0.2) is 9.97 Å². The highest BCUT2D eigenvalue weighted by Gasteiger charge is 2.26. The molecule has 4 rings (SSSR count). The summed E-state index contributed by atoms with van der Waals surface area (Å²) in [6.45, 7) is 2.85. The lowest BCUT2D eigenvalue weighted by Gasteiger charge is -2.17. The van der Waals surface area contributed by atoms with E-state index in [1.54, 1.807) is 18.0 Å². The molecule has 0 saturated carbocycles. The fourth-order valence-corrected chi connectivity index (χ4v) is 3.54. The van der Waals surface area contributed by atoms with Gasteiger partial charge in [0.05, 0.1) is 11.3 Å². The topological polar surface area (TPSA) is 91.2 Å². The molecule has 2 heterocycles. The largest absolute Gasteiger partial charge is 0.457 e. The van der Waals surface area contributed by atoms with Crippen molar-refractivity contribution in [2.45, 2.75) is 19.4 Å². The van der Waals surface area contributed by atoms with Crippen molar-refractivity contribution < 1.29 is 9.53 Å². The van der Waals surface area contributed by atoms with Crippen LogP contribution in [0, 0.1) is 17.3 Å². The molecule has 1 aromatic heterocycles.